The summed E-state index contributed by atoms with van der Waals surface area (Å²) in [6.07, 6.45) is 1.37. The van der Waals surface area contributed by atoms with E-state index in [0.29, 0.717) is 62.0 Å². The lowest BCUT2D eigenvalue weighted by Gasteiger charge is -2.20. The number of anilines is 3. The summed E-state index contributed by atoms with van der Waals surface area (Å²) in [5.41, 5.74) is 12.8. The summed E-state index contributed by atoms with van der Waals surface area (Å²) >= 11 is 0. The number of nitrogens with zero attached hydrogens (tertiary/aromatic N) is 8. The minimum Gasteiger partial charge on any atom is -0.493 e. The van der Waals surface area contributed by atoms with Crippen LogP contribution in [0.4, 0.5) is 17.1 Å². The number of aryl methyl sites for hydroxylation is 5. The van der Waals surface area contributed by atoms with E-state index in [4.69, 9.17) is 39.1 Å². The number of hydrogen-bond donors (Lipinski definition) is 3. The second-order valence-corrected chi connectivity index (χ2v) is 22.8. The zero-order valence-corrected chi connectivity index (χ0v) is 46.6. The van der Waals surface area contributed by atoms with Crippen LogP contribution in [0, 0.1) is 34.6 Å². The van der Waals surface area contributed by atoms with Crippen LogP contribution in [0.1, 0.15) is 48.1 Å². The fraction of sp³-hybridized carbons (Fsp3) is 0.321. The standard InChI is InChI=1S/C29H34N6O4S.C27H31N5O4S/c1-18(2)30-22-8-10-24(11-9-22)40(36,37)33-23-13-14-34(17-23)25-15-19(3)32-35-28(20(4)31-29(25)35)21-7-12-26(38-5)27(16-21)39-6;1-17-6-9-22(10-7-17)37(33,34)30-21-12-13-31(16-21)23-14-18(2)29-32-26(19(3)28-27(23)32)20-8-11-24(35-4)25(15-20)36-5/h7-12,15-16,23,30,33H,1,13-14,17H2,2-6H3;6-11,14-15,21,30H,12-13,16H2,1-5H3/t23-;21-/m11/s1. The fourth-order valence-electron chi connectivity index (χ4n) is 9.96. The Morgan fingerprint density at radius 2 is 0.961 bits per heavy atom. The van der Waals surface area contributed by atoms with E-state index in [0.717, 1.165) is 84.9 Å². The highest BCUT2D eigenvalue weighted by Crippen LogP contribution is 2.38. The predicted octanol–water partition coefficient (Wildman–Crippen LogP) is 8.43. The molecule has 6 heterocycles. The van der Waals surface area contributed by atoms with Gasteiger partial charge in [-0.1, -0.05) is 24.3 Å². The van der Waals surface area contributed by atoms with Crippen molar-refractivity contribution in [2.24, 2.45) is 0 Å². The zero-order chi connectivity index (χ0) is 54.9. The predicted molar refractivity (Wildman–Crippen MR) is 300 cm³/mol. The quantitative estimate of drug-likeness (QED) is 0.0830. The molecule has 0 saturated carbocycles. The maximum absolute atomic E-state index is 13.1. The number of methoxy groups -OCH3 is 4. The Morgan fingerprint density at radius 3 is 1.35 bits per heavy atom. The second kappa shape index (κ2) is 22.1. The normalized spacial score (nSPS) is 15.7. The lowest BCUT2D eigenvalue weighted by molar-refractivity contribution is 0.355. The van der Waals surface area contributed by atoms with Gasteiger partial charge in [-0.25, -0.2) is 45.3 Å². The van der Waals surface area contributed by atoms with Crippen molar-refractivity contribution in [3.05, 3.63) is 138 Å². The lowest BCUT2D eigenvalue weighted by atomic mass is 10.1. The van der Waals surface area contributed by atoms with Crippen molar-refractivity contribution in [3.63, 3.8) is 0 Å². The molecular formula is C56H65N11O8S2. The molecule has 2 aliphatic heterocycles. The van der Waals surface area contributed by atoms with Crippen LogP contribution in [0.5, 0.6) is 23.0 Å². The average molecular weight is 1080 g/mol. The molecule has 77 heavy (non-hydrogen) atoms. The maximum atomic E-state index is 13.1. The first-order chi connectivity index (χ1) is 36.8. The molecule has 0 aliphatic carbocycles. The number of allylic oxidation sites excluding steroid dienone is 1. The minimum atomic E-state index is -3.68. The van der Waals surface area contributed by atoms with Crippen LogP contribution in [0.25, 0.3) is 33.8 Å². The van der Waals surface area contributed by atoms with E-state index in [-0.39, 0.29) is 21.9 Å². The summed E-state index contributed by atoms with van der Waals surface area (Å²) in [5, 5.41) is 12.6. The van der Waals surface area contributed by atoms with Crippen LogP contribution in [-0.4, -0.2) is 113 Å². The van der Waals surface area contributed by atoms with E-state index < -0.39 is 20.0 Å². The number of aromatic nitrogens is 6. The number of imidazole rings is 2. The van der Waals surface area contributed by atoms with E-state index >= 15 is 0 Å². The molecule has 0 spiro atoms. The largest absolute Gasteiger partial charge is 0.493 e. The fourth-order valence-corrected chi connectivity index (χ4v) is 12.5. The summed E-state index contributed by atoms with van der Waals surface area (Å²) in [7, 11) is -0.842. The van der Waals surface area contributed by atoms with Gasteiger partial charge in [0.15, 0.2) is 34.3 Å². The van der Waals surface area contributed by atoms with Crippen molar-refractivity contribution in [2.45, 2.75) is 76.3 Å². The monoisotopic (exact) mass is 1080 g/mol. The van der Waals surface area contributed by atoms with Gasteiger partial charge in [0.25, 0.3) is 0 Å². The van der Waals surface area contributed by atoms with Crippen LogP contribution in [-0.2, 0) is 20.0 Å². The van der Waals surface area contributed by atoms with Crippen molar-refractivity contribution in [3.8, 4) is 45.5 Å². The van der Waals surface area contributed by atoms with Crippen LogP contribution in [0.15, 0.2) is 119 Å². The summed E-state index contributed by atoms with van der Waals surface area (Å²) in [4.78, 5) is 14.6. The molecule has 3 N–H and O–H groups in total. The van der Waals surface area contributed by atoms with Crippen LogP contribution < -0.4 is 43.5 Å². The van der Waals surface area contributed by atoms with Crippen LogP contribution in [0.3, 0.4) is 0 Å². The smallest absolute Gasteiger partial charge is 0.240 e. The number of hydrogen-bond acceptors (Lipinski definition) is 15. The molecule has 19 nitrogen and oxygen atoms in total. The summed E-state index contributed by atoms with van der Waals surface area (Å²) in [6.45, 7) is 17.9. The molecule has 0 amide bonds. The summed E-state index contributed by atoms with van der Waals surface area (Å²) in [6, 6.07) is 28.6. The third kappa shape index (κ3) is 11.4. The van der Waals surface area contributed by atoms with Crippen molar-refractivity contribution >= 4 is 48.4 Å². The molecule has 4 aromatic carbocycles. The van der Waals surface area contributed by atoms with E-state index in [2.05, 4.69) is 31.1 Å². The summed E-state index contributed by atoms with van der Waals surface area (Å²) < 4.78 is 83.4. The number of sulfonamides is 2. The number of ether oxygens (including phenoxy) is 4. The number of benzene rings is 4. The molecule has 2 aliphatic rings. The summed E-state index contributed by atoms with van der Waals surface area (Å²) in [5.74, 6) is 2.55. The molecule has 21 heteroatoms. The highest BCUT2D eigenvalue weighted by atomic mass is 32.2. The molecule has 404 valence electrons. The van der Waals surface area contributed by atoms with Gasteiger partial charge in [-0.05, 0) is 139 Å². The molecule has 0 bridgehead atoms. The number of nitrogens with one attached hydrogen (secondary N) is 3. The molecule has 0 unspecified atom stereocenters. The Balaban J connectivity index is 0.000000188. The Labute approximate surface area is 450 Å². The minimum absolute atomic E-state index is 0.207. The average Bonchev–Trinajstić information content (AvgIpc) is 4.24. The van der Waals surface area contributed by atoms with Gasteiger partial charge in [0.2, 0.25) is 20.0 Å². The Hall–Kier alpha value is -7.72. The van der Waals surface area contributed by atoms with Gasteiger partial charge in [-0.3, -0.25) is 0 Å². The molecule has 2 atom stereocenters. The van der Waals surface area contributed by atoms with Crippen molar-refractivity contribution in [1.82, 2.24) is 38.6 Å². The molecule has 2 saturated heterocycles. The van der Waals surface area contributed by atoms with E-state index in [1.54, 1.807) is 64.8 Å². The molecule has 2 fully saturated rings. The molecule has 10 rings (SSSR count). The van der Waals surface area contributed by atoms with Gasteiger partial charge in [-0.2, -0.15) is 10.2 Å². The Kier molecular flexibility index (Phi) is 15.5. The first-order valence-corrected chi connectivity index (χ1v) is 28.1. The number of rotatable bonds is 16. The lowest BCUT2D eigenvalue weighted by Crippen LogP contribution is -2.37. The van der Waals surface area contributed by atoms with Gasteiger partial charge in [-0.15, -0.1) is 0 Å². The molecular weight excluding hydrogens is 1020 g/mol. The van der Waals surface area contributed by atoms with Crippen LogP contribution >= 0.6 is 0 Å². The topological polar surface area (TPSA) is 208 Å². The highest BCUT2D eigenvalue weighted by molar-refractivity contribution is 7.89. The van der Waals surface area contributed by atoms with Gasteiger partial charge >= 0.3 is 0 Å². The van der Waals surface area contributed by atoms with Crippen LogP contribution in [0.2, 0.25) is 0 Å². The van der Waals surface area contributed by atoms with E-state index in [1.165, 1.54) is 0 Å². The Bertz CT molecular complexity index is 3730. The Morgan fingerprint density at radius 1 is 0.558 bits per heavy atom. The number of fused-ring (bicyclic) bond motifs is 2. The zero-order valence-electron chi connectivity index (χ0n) is 45.0. The first kappa shape index (κ1) is 54.1. The van der Waals surface area contributed by atoms with Crippen molar-refractivity contribution in [2.75, 3.05) is 69.7 Å². The molecule has 0 radical (unpaired) electrons. The highest BCUT2D eigenvalue weighted by Gasteiger charge is 2.32. The van der Waals surface area contributed by atoms with E-state index in [9.17, 15) is 16.8 Å². The van der Waals surface area contributed by atoms with Gasteiger partial charge in [0.1, 0.15) is 0 Å². The molecule has 8 aromatic rings. The third-order valence-electron chi connectivity index (χ3n) is 13.6. The third-order valence-corrected chi connectivity index (χ3v) is 16.7. The first-order valence-electron chi connectivity index (χ1n) is 25.1. The second-order valence-electron chi connectivity index (χ2n) is 19.4. The SMILES string of the molecule is C=C(C)Nc1ccc(S(=O)(=O)N[C@@H]2CCN(c3cc(C)nn4c(-c5ccc(OC)c(OC)c5)c(C)nc34)C2)cc1.COc1ccc(-c2c(C)nc3c(N4CC[C@@H](NS(=O)(=O)c5ccc(C)cc5)C4)cc(C)nn23)cc1OC. The van der Waals surface area contributed by atoms with Gasteiger partial charge in [0.05, 0.1) is 83.8 Å². The van der Waals surface area contributed by atoms with Gasteiger partial charge in [0, 0.05) is 60.8 Å². The van der Waals surface area contributed by atoms with E-state index in [1.807, 2.05) is 111 Å². The maximum Gasteiger partial charge on any atom is 0.240 e. The van der Waals surface area contributed by atoms with Gasteiger partial charge < -0.3 is 34.1 Å². The van der Waals surface area contributed by atoms with Crippen molar-refractivity contribution < 1.29 is 35.8 Å². The van der Waals surface area contributed by atoms with Crippen molar-refractivity contribution in [1.29, 1.82) is 0 Å². The molecule has 4 aromatic heterocycles.